The van der Waals surface area contributed by atoms with Crippen LogP contribution in [-0.2, 0) is 25.3 Å². The van der Waals surface area contributed by atoms with E-state index in [-0.39, 0.29) is 18.2 Å². The molecule has 1 atom stereocenters. The average molecular weight is 404 g/mol. The highest BCUT2D eigenvalue weighted by Gasteiger charge is 2.36. The maximum Gasteiger partial charge on any atom is 0.263 e. The summed E-state index contributed by atoms with van der Waals surface area (Å²) in [4.78, 5) is 12.5. The van der Waals surface area contributed by atoms with Crippen molar-refractivity contribution in [3.63, 3.8) is 0 Å². The number of nitrogens with zero attached hydrogens (tertiary/aromatic N) is 1. The minimum absolute atomic E-state index is 0.0672. The van der Waals surface area contributed by atoms with Crippen molar-refractivity contribution in [1.29, 1.82) is 0 Å². The first-order valence-corrected chi connectivity index (χ1v) is 10.7. The molecule has 1 heterocycles. The molecule has 1 aliphatic rings. The largest absolute Gasteiger partial charge is 0.476 e. The van der Waals surface area contributed by atoms with Gasteiger partial charge < -0.3 is 14.8 Å². The van der Waals surface area contributed by atoms with E-state index in [1.165, 1.54) is 4.31 Å². The molecule has 2 aromatic rings. The van der Waals surface area contributed by atoms with E-state index in [0.29, 0.717) is 36.6 Å². The third-order valence-corrected chi connectivity index (χ3v) is 6.09. The lowest BCUT2D eigenvalue weighted by molar-refractivity contribution is -0.127. The van der Waals surface area contributed by atoms with Crippen LogP contribution in [0.5, 0.6) is 5.75 Å². The van der Waals surface area contributed by atoms with Crippen molar-refractivity contribution in [3.05, 3.63) is 60.2 Å². The van der Waals surface area contributed by atoms with Crippen molar-refractivity contribution in [1.82, 2.24) is 5.32 Å². The number of benzene rings is 2. The van der Waals surface area contributed by atoms with E-state index in [9.17, 15) is 13.2 Å². The summed E-state index contributed by atoms with van der Waals surface area (Å²) < 4.78 is 38.2. The Morgan fingerprint density at radius 3 is 2.64 bits per heavy atom. The number of para-hydroxylation sites is 2. The van der Waals surface area contributed by atoms with Crippen LogP contribution in [-0.4, -0.2) is 47.2 Å². The summed E-state index contributed by atoms with van der Waals surface area (Å²) in [6, 6.07) is 15.8. The Morgan fingerprint density at radius 1 is 1.18 bits per heavy atom. The molecule has 0 saturated heterocycles. The fraction of sp³-hybridized carbons (Fsp3) is 0.350. The highest BCUT2D eigenvalue weighted by atomic mass is 32.2. The predicted molar refractivity (Wildman–Crippen MR) is 107 cm³/mol. The molecule has 8 heteroatoms. The Balaban J connectivity index is 1.80. The van der Waals surface area contributed by atoms with Crippen molar-refractivity contribution in [3.8, 4) is 5.75 Å². The van der Waals surface area contributed by atoms with E-state index >= 15 is 0 Å². The normalized spacial score (nSPS) is 16.2. The van der Waals surface area contributed by atoms with Crippen LogP contribution >= 0.6 is 0 Å². The number of hydrogen-bond acceptors (Lipinski definition) is 5. The van der Waals surface area contributed by atoms with Gasteiger partial charge in [0.05, 0.1) is 18.0 Å². The van der Waals surface area contributed by atoms with Gasteiger partial charge in [0.15, 0.2) is 6.10 Å². The number of carbonyl (C=O) groups is 1. The van der Waals surface area contributed by atoms with Crippen LogP contribution in [0.15, 0.2) is 54.6 Å². The monoisotopic (exact) mass is 404 g/mol. The molecule has 1 unspecified atom stereocenters. The Hall–Kier alpha value is -2.58. The van der Waals surface area contributed by atoms with Gasteiger partial charge in [-0.15, -0.1) is 0 Å². The lowest BCUT2D eigenvalue weighted by Crippen LogP contribution is -2.51. The van der Waals surface area contributed by atoms with Gasteiger partial charge in [-0.1, -0.05) is 42.5 Å². The molecule has 2 aromatic carbocycles. The lowest BCUT2D eigenvalue weighted by atomic mass is 10.2. The summed E-state index contributed by atoms with van der Waals surface area (Å²) in [5.74, 6) is -0.113. The summed E-state index contributed by atoms with van der Waals surface area (Å²) in [6.07, 6.45) is -0.246. The number of anilines is 1. The van der Waals surface area contributed by atoms with Crippen LogP contribution in [0.3, 0.4) is 0 Å². The minimum Gasteiger partial charge on any atom is -0.476 e. The summed E-state index contributed by atoms with van der Waals surface area (Å²) in [5.41, 5.74) is 1.13. The number of methoxy groups -OCH3 is 1. The number of carbonyl (C=O) groups excluding carboxylic acids is 1. The highest BCUT2D eigenvalue weighted by molar-refractivity contribution is 7.92. The molecule has 1 amide bonds. The Kier molecular flexibility index (Phi) is 6.53. The predicted octanol–water partition coefficient (Wildman–Crippen LogP) is 1.94. The summed E-state index contributed by atoms with van der Waals surface area (Å²) in [6.45, 7) is 0.902. The quantitative estimate of drug-likeness (QED) is 0.680. The fourth-order valence-electron chi connectivity index (χ4n) is 3.01. The van der Waals surface area contributed by atoms with E-state index < -0.39 is 16.1 Å². The molecule has 0 bridgehead atoms. The van der Waals surface area contributed by atoms with Crippen molar-refractivity contribution < 1.29 is 22.7 Å². The minimum atomic E-state index is -3.69. The number of sulfonamides is 1. The topological polar surface area (TPSA) is 84.9 Å². The number of nitrogens with one attached hydrogen (secondary N) is 1. The Labute approximate surface area is 165 Å². The molecule has 3 rings (SSSR count). The Bertz CT molecular complexity index is 902. The first-order valence-electron chi connectivity index (χ1n) is 9.08. The number of ether oxygens (including phenoxy) is 2. The maximum absolute atomic E-state index is 13.1. The zero-order valence-corrected chi connectivity index (χ0v) is 16.5. The molecular weight excluding hydrogens is 380 g/mol. The molecule has 0 aromatic heterocycles. The van der Waals surface area contributed by atoms with Crippen LogP contribution < -0.4 is 14.4 Å². The van der Waals surface area contributed by atoms with Crippen molar-refractivity contribution in [2.45, 2.75) is 18.3 Å². The van der Waals surface area contributed by atoms with E-state index in [2.05, 4.69) is 5.32 Å². The van der Waals surface area contributed by atoms with Gasteiger partial charge in [-0.25, -0.2) is 8.42 Å². The second-order valence-corrected chi connectivity index (χ2v) is 8.38. The van der Waals surface area contributed by atoms with E-state index in [0.717, 1.165) is 0 Å². The summed E-state index contributed by atoms with van der Waals surface area (Å²) >= 11 is 0. The average Bonchev–Trinajstić information content (AvgIpc) is 2.70. The molecule has 150 valence electrons. The third-order valence-electron chi connectivity index (χ3n) is 4.38. The van der Waals surface area contributed by atoms with Crippen molar-refractivity contribution in [2.24, 2.45) is 0 Å². The van der Waals surface area contributed by atoms with Crippen LogP contribution in [0.2, 0.25) is 0 Å². The van der Waals surface area contributed by atoms with Gasteiger partial charge in [-0.05, 0) is 24.1 Å². The van der Waals surface area contributed by atoms with Gasteiger partial charge in [-0.2, -0.15) is 0 Å². The molecule has 0 radical (unpaired) electrons. The van der Waals surface area contributed by atoms with Gasteiger partial charge in [-0.3, -0.25) is 9.10 Å². The number of hydrogen-bond donors (Lipinski definition) is 1. The number of fused-ring (bicyclic) bond motifs is 1. The van der Waals surface area contributed by atoms with Crippen molar-refractivity contribution >= 4 is 21.6 Å². The molecule has 7 nitrogen and oxygen atoms in total. The van der Waals surface area contributed by atoms with Crippen LogP contribution in [0.25, 0.3) is 0 Å². The van der Waals surface area contributed by atoms with E-state index in [4.69, 9.17) is 9.47 Å². The summed E-state index contributed by atoms with van der Waals surface area (Å²) in [7, 11) is -2.10. The molecule has 0 fully saturated rings. The van der Waals surface area contributed by atoms with Gasteiger partial charge in [0.2, 0.25) is 10.0 Å². The standard InChI is InChI=1S/C20H24N2O5S/c1-26-13-7-12-21-20(23)19-14-22(17-10-5-6-11-18(17)27-19)28(24,25)15-16-8-3-2-4-9-16/h2-6,8-11,19H,7,12-15H2,1H3,(H,21,23). The van der Waals surface area contributed by atoms with Gasteiger partial charge in [0.1, 0.15) is 5.75 Å². The molecule has 28 heavy (non-hydrogen) atoms. The molecular formula is C20H24N2O5S. The Morgan fingerprint density at radius 2 is 1.89 bits per heavy atom. The van der Waals surface area contributed by atoms with Crippen LogP contribution in [0.1, 0.15) is 12.0 Å². The molecule has 0 spiro atoms. The molecule has 0 saturated carbocycles. The van der Waals surface area contributed by atoms with Crippen molar-refractivity contribution in [2.75, 3.05) is 31.1 Å². The summed E-state index contributed by atoms with van der Waals surface area (Å²) in [5, 5.41) is 2.77. The number of amides is 1. The molecule has 1 aliphatic heterocycles. The SMILES string of the molecule is COCCCNC(=O)C1CN(S(=O)(=O)Cc2ccccc2)c2ccccc2O1. The zero-order valence-electron chi connectivity index (χ0n) is 15.7. The maximum atomic E-state index is 13.1. The second kappa shape index (κ2) is 9.07. The van der Waals surface area contributed by atoms with Gasteiger partial charge >= 0.3 is 0 Å². The van der Waals surface area contributed by atoms with Gasteiger partial charge in [0.25, 0.3) is 5.91 Å². The van der Waals surface area contributed by atoms with E-state index in [1.807, 2.05) is 6.07 Å². The second-order valence-electron chi connectivity index (χ2n) is 6.48. The van der Waals surface area contributed by atoms with Gasteiger partial charge in [0, 0.05) is 20.3 Å². The lowest BCUT2D eigenvalue weighted by Gasteiger charge is -2.34. The molecule has 0 aliphatic carbocycles. The highest BCUT2D eigenvalue weighted by Crippen LogP contribution is 2.35. The van der Waals surface area contributed by atoms with E-state index in [1.54, 1.807) is 55.6 Å². The molecule has 1 N–H and O–H groups in total. The smallest absolute Gasteiger partial charge is 0.263 e. The zero-order chi connectivity index (χ0) is 20.0. The van der Waals surface area contributed by atoms with Crippen LogP contribution in [0.4, 0.5) is 5.69 Å². The van der Waals surface area contributed by atoms with Crippen LogP contribution in [0, 0.1) is 0 Å². The first-order chi connectivity index (χ1) is 13.5. The fourth-order valence-corrected chi connectivity index (χ4v) is 4.59. The number of rotatable bonds is 8. The third kappa shape index (κ3) is 4.82. The first kappa shape index (κ1) is 20.2.